The predicted molar refractivity (Wildman–Crippen MR) is 114 cm³/mol. The second kappa shape index (κ2) is 8.51. The van der Waals surface area contributed by atoms with Crippen molar-refractivity contribution in [1.82, 2.24) is 0 Å². The van der Waals surface area contributed by atoms with Crippen molar-refractivity contribution in [2.75, 3.05) is 7.11 Å². The molecule has 0 amide bonds. The van der Waals surface area contributed by atoms with Crippen molar-refractivity contribution in [3.8, 4) is 16.9 Å². The Morgan fingerprint density at radius 1 is 0.929 bits per heavy atom. The van der Waals surface area contributed by atoms with E-state index >= 15 is 0 Å². The molecular weight excluding hydrogens is 347 g/mol. The Balaban J connectivity index is 1.46. The van der Waals surface area contributed by atoms with Crippen LogP contribution in [0.5, 0.6) is 5.75 Å². The summed E-state index contributed by atoms with van der Waals surface area (Å²) >= 11 is 0. The fourth-order valence-electron chi connectivity index (χ4n) is 5.47. The van der Waals surface area contributed by atoms with Crippen molar-refractivity contribution in [2.24, 2.45) is 17.8 Å². The normalized spacial score (nSPS) is 27.5. The number of rotatable bonds is 4. The molecule has 2 fully saturated rings. The number of allylic oxidation sites excluding steroid dienone is 2. The molecule has 4 rings (SSSR count). The molecule has 2 aliphatic carbocycles. The first kappa shape index (κ1) is 19.2. The van der Waals surface area contributed by atoms with E-state index in [0.717, 1.165) is 29.1 Å². The third-order valence-electron chi connectivity index (χ3n) is 6.98. The molecule has 4 unspecified atom stereocenters. The summed E-state index contributed by atoms with van der Waals surface area (Å²) in [6, 6.07) is 13.5. The number of halogens is 1. The van der Waals surface area contributed by atoms with Crippen LogP contribution in [0, 0.1) is 23.6 Å². The topological polar surface area (TPSA) is 9.23 Å². The van der Waals surface area contributed by atoms with Gasteiger partial charge in [0, 0.05) is 5.56 Å². The molecule has 4 atom stereocenters. The average Bonchev–Trinajstić information content (AvgIpc) is 2.73. The van der Waals surface area contributed by atoms with Crippen LogP contribution in [0.1, 0.15) is 56.9 Å². The zero-order valence-electron chi connectivity index (χ0n) is 17.0. The van der Waals surface area contributed by atoms with Crippen LogP contribution in [0.3, 0.4) is 0 Å². The lowest BCUT2D eigenvalue weighted by Gasteiger charge is -2.41. The lowest BCUT2D eigenvalue weighted by Crippen LogP contribution is -2.30. The minimum absolute atomic E-state index is 0.110. The standard InChI is InChI=1S/C26H31FO/c1-3-4-18-5-6-21-16-22(8-7-20(21)15-18)23-11-14-25(26(27)17-23)19-9-12-24(28-2)13-10-19/h3-4,9-14,17-18,20-22H,5-8,15-16H2,1-2H3/b4-3+. The van der Waals surface area contributed by atoms with Gasteiger partial charge in [0.05, 0.1) is 7.11 Å². The molecule has 2 saturated carbocycles. The summed E-state index contributed by atoms with van der Waals surface area (Å²) in [5.41, 5.74) is 2.76. The van der Waals surface area contributed by atoms with Crippen LogP contribution in [-0.4, -0.2) is 7.11 Å². The summed E-state index contributed by atoms with van der Waals surface area (Å²) in [6.07, 6.45) is 12.3. The molecule has 2 aromatic rings. The maximum atomic E-state index is 14.9. The van der Waals surface area contributed by atoms with Crippen LogP contribution in [0.2, 0.25) is 0 Å². The van der Waals surface area contributed by atoms with Gasteiger partial charge >= 0.3 is 0 Å². The number of methoxy groups -OCH3 is 1. The lowest BCUT2D eigenvalue weighted by molar-refractivity contribution is 0.133. The highest BCUT2D eigenvalue weighted by atomic mass is 19.1. The van der Waals surface area contributed by atoms with Gasteiger partial charge in [-0.1, -0.05) is 36.4 Å². The maximum absolute atomic E-state index is 14.9. The predicted octanol–water partition coefficient (Wildman–Crippen LogP) is 7.38. The highest BCUT2D eigenvalue weighted by molar-refractivity contribution is 5.65. The van der Waals surface area contributed by atoms with Crippen molar-refractivity contribution >= 4 is 0 Å². The third kappa shape index (κ3) is 4.01. The van der Waals surface area contributed by atoms with Gasteiger partial charge in [-0.2, -0.15) is 0 Å². The molecule has 0 heterocycles. The monoisotopic (exact) mass is 378 g/mol. The fourth-order valence-corrected chi connectivity index (χ4v) is 5.47. The molecule has 2 aromatic carbocycles. The Hall–Kier alpha value is -2.09. The number of fused-ring (bicyclic) bond motifs is 1. The molecule has 148 valence electrons. The van der Waals surface area contributed by atoms with Gasteiger partial charge in [-0.3, -0.25) is 0 Å². The third-order valence-corrected chi connectivity index (χ3v) is 6.98. The van der Waals surface area contributed by atoms with Gasteiger partial charge in [-0.15, -0.1) is 0 Å². The van der Waals surface area contributed by atoms with E-state index in [4.69, 9.17) is 4.74 Å². The van der Waals surface area contributed by atoms with Gasteiger partial charge in [0.15, 0.2) is 0 Å². The smallest absolute Gasteiger partial charge is 0.131 e. The number of benzene rings is 2. The summed E-state index contributed by atoms with van der Waals surface area (Å²) in [5, 5.41) is 0. The zero-order chi connectivity index (χ0) is 19.5. The van der Waals surface area contributed by atoms with E-state index in [-0.39, 0.29) is 5.82 Å². The van der Waals surface area contributed by atoms with Crippen LogP contribution in [-0.2, 0) is 0 Å². The first-order valence-corrected chi connectivity index (χ1v) is 10.7. The SMILES string of the molecule is C/C=C/C1CCC2CC(c3ccc(-c4ccc(OC)cc4)c(F)c3)CCC2C1. The van der Waals surface area contributed by atoms with Gasteiger partial charge < -0.3 is 4.74 Å². The zero-order valence-corrected chi connectivity index (χ0v) is 17.0. The minimum Gasteiger partial charge on any atom is -0.497 e. The average molecular weight is 379 g/mol. The van der Waals surface area contributed by atoms with Gasteiger partial charge in [0.2, 0.25) is 0 Å². The molecule has 2 heteroatoms. The van der Waals surface area contributed by atoms with Crippen LogP contribution in [0.4, 0.5) is 4.39 Å². The Bertz CT molecular complexity index is 823. The van der Waals surface area contributed by atoms with E-state index in [1.54, 1.807) is 13.2 Å². The molecule has 0 aromatic heterocycles. The fraction of sp³-hybridized carbons (Fsp3) is 0.462. The van der Waals surface area contributed by atoms with Crippen molar-refractivity contribution in [3.63, 3.8) is 0 Å². The molecule has 0 aliphatic heterocycles. The van der Waals surface area contributed by atoms with E-state index in [9.17, 15) is 4.39 Å². The van der Waals surface area contributed by atoms with Crippen molar-refractivity contribution < 1.29 is 9.13 Å². The van der Waals surface area contributed by atoms with Crippen molar-refractivity contribution in [1.29, 1.82) is 0 Å². The molecule has 28 heavy (non-hydrogen) atoms. The Morgan fingerprint density at radius 2 is 1.68 bits per heavy atom. The van der Waals surface area contributed by atoms with E-state index in [0.29, 0.717) is 11.5 Å². The van der Waals surface area contributed by atoms with Crippen LogP contribution < -0.4 is 4.74 Å². The number of hydrogen-bond acceptors (Lipinski definition) is 1. The molecule has 0 spiro atoms. The highest BCUT2D eigenvalue weighted by Gasteiger charge is 2.35. The van der Waals surface area contributed by atoms with Gasteiger partial charge in [-0.25, -0.2) is 4.39 Å². The van der Waals surface area contributed by atoms with Gasteiger partial charge in [0.1, 0.15) is 11.6 Å². The summed E-state index contributed by atoms with van der Waals surface area (Å²) in [7, 11) is 1.64. The Morgan fingerprint density at radius 3 is 2.39 bits per heavy atom. The maximum Gasteiger partial charge on any atom is 0.131 e. The molecule has 0 N–H and O–H groups in total. The summed E-state index contributed by atoms with van der Waals surface area (Å²) in [5.74, 6) is 3.67. The number of ether oxygens (including phenoxy) is 1. The minimum atomic E-state index is -0.110. The molecule has 2 aliphatic rings. The van der Waals surface area contributed by atoms with Gasteiger partial charge in [-0.05, 0) is 98.4 Å². The van der Waals surface area contributed by atoms with Gasteiger partial charge in [0.25, 0.3) is 0 Å². The second-order valence-electron chi connectivity index (χ2n) is 8.60. The van der Waals surface area contributed by atoms with E-state index < -0.39 is 0 Å². The van der Waals surface area contributed by atoms with Crippen LogP contribution in [0.15, 0.2) is 54.6 Å². The second-order valence-corrected chi connectivity index (χ2v) is 8.60. The van der Waals surface area contributed by atoms with E-state index in [1.165, 1.54) is 44.1 Å². The van der Waals surface area contributed by atoms with Crippen LogP contribution >= 0.6 is 0 Å². The molecule has 0 radical (unpaired) electrons. The largest absolute Gasteiger partial charge is 0.497 e. The van der Waals surface area contributed by atoms with Crippen molar-refractivity contribution in [3.05, 3.63) is 66.0 Å². The summed E-state index contributed by atoms with van der Waals surface area (Å²) in [4.78, 5) is 0. The molecule has 0 saturated heterocycles. The lowest BCUT2D eigenvalue weighted by atomic mass is 9.64. The Labute approximate surface area is 168 Å². The highest BCUT2D eigenvalue weighted by Crippen LogP contribution is 2.48. The first-order valence-electron chi connectivity index (χ1n) is 10.7. The van der Waals surface area contributed by atoms with Crippen molar-refractivity contribution in [2.45, 2.75) is 51.4 Å². The molecule has 0 bridgehead atoms. The molecule has 1 nitrogen and oxygen atoms in total. The molecular formula is C26H31FO. The summed E-state index contributed by atoms with van der Waals surface area (Å²) < 4.78 is 20.1. The van der Waals surface area contributed by atoms with E-state index in [1.807, 2.05) is 30.3 Å². The number of hydrogen-bond donors (Lipinski definition) is 0. The Kier molecular flexibility index (Phi) is 5.85. The van der Waals surface area contributed by atoms with Crippen LogP contribution in [0.25, 0.3) is 11.1 Å². The quantitative estimate of drug-likeness (QED) is 0.504. The summed E-state index contributed by atoms with van der Waals surface area (Å²) in [6.45, 7) is 2.13. The first-order chi connectivity index (χ1) is 13.7. The van der Waals surface area contributed by atoms with E-state index in [2.05, 4.69) is 25.1 Å².